The highest BCUT2D eigenvalue weighted by Crippen LogP contribution is 2.80. The third-order valence-electron chi connectivity index (χ3n) is 10.9. The lowest BCUT2D eigenvalue weighted by Crippen LogP contribution is -2.12. The molecule has 9 aromatic rings. The zero-order valence-electron chi connectivity index (χ0n) is 30.9. The number of anilines is 3. The number of fused-ring (bicyclic) bond motifs is 3. The van der Waals surface area contributed by atoms with Gasteiger partial charge in [-0.3, -0.25) is 0 Å². The van der Waals surface area contributed by atoms with E-state index in [1.165, 1.54) is 64.1 Å². The van der Waals surface area contributed by atoms with Crippen molar-refractivity contribution in [1.82, 2.24) is 0 Å². The SMILES string of the molecule is c1ccc(-c2ccc(-c3c(-c4ccccc4)cccc3N(c3ccccc3)c3ccc4c(c3)S(c3ccccc3)(c3ccccc3)c3ccccc3-4)cc2)cc1. The molecule has 9 aromatic carbocycles. The molecular formula is C54H39NS. The molecule has 0 aromatic heterocycles. The Bertz CT molecular complexity index is 2730. The van der Waals surface area contributed by atoms with E-state index in [0.29, 0.717) is 0 Å². The Labute approximate surface area is 331 Å². The number of para-hydroxylation sites is 1. The first kappa shape index (κ1) is 33.7. The van der Waals surface area contributed by atoms with Crippen molar-refractivity contribution >= 4 is 27.1 Å². The van der Waals surface area contributed by atoms with Crippen LogP contribution in [0.1, 0.15) is 0 Å². The van der Waals surface area contributed by atoms with E-state index in [9.17, 15) is 0 Å². The average Bonchev–Trinajstić information content (AvgIpc) is 3.58. The van der Waals surface area contributed by atoms with Gasteiger partial charge >= 0.3 is 0 Å². The van der Waals surface area contributed by atoms with Crippen LogP contribution in [-0.2, 0) is 0 Å². The molecule has 0 atom stereocenters. The number of hydrogen-bond donors (Lipinski definition) is 0. The minimum absolute atomic E-state index is 1.11. The molecule has 0 N–H and O–H groups in total. The van der Waals surface area contributed by atoms with Crippen LogP contribution in [0.25, 0.3) is 44.5 Å². The highest BCUT2D eigenvalue weighted by molar-refractivity contribution is 8.34. The van der Waals surface area contributed by atoms with E-state index in [4.69, 9.17) is 0 Å². The van der Waals surface area contributed by atoms with Gasteiger partial charge in [0.25, 0.3) is 0 Å². The van der Waals surface area contributed by atoms with Crippen LogP contribution in [0.15, 0.2) is 256 Å². The molecule has 2 heteroatoms. The highest BCUT2D eigenvalue weighted by atomic mass is 32.3. The van der Waals surface area contributed by atoms with Crippen molar-refractivity contribution in [2.24, 2.45) is 0 Å². The molecule has 0 aliphatic carbocycles. The summed E-state index contributed by atoms with van der Waals surface area (Å²) in [6.07, 6.45) is 0. The van der Waals surface area contributed by atoms with Crippen molar-refractivity contribution in [1.29, 1.82) is 0 Å². The fraction of sp³-hybridized carbons (Fsp3) is 0. The van der Waals surface area contributed by atoms with Gasteiger partial charge in [0.15, 0.2) is 0 Å². The predicted octanol–water partition coefficient (Wildman–Crippen LogP) is 15.5. The molecule has 0 radical (unpaired) electrons. The maximum absolute atomic E-state index is 2.50. The van der Waals surface area contributed by atoms with Crippen LogP contribution in [0.2, 0.25) is 0 Å². The van der Waals surface area contributed by atoms with Crippen LogP contribution >= 0.6 is 10.0 Å². The second-order valence-electron chi connectivity index (χ2n) is 14.1. The molecule has 10 rings (SSSR count). The van der Waals surface area contributed by atoms with E-state index < -0.39 is 10.0 Å². The minimum atomic E-state index is -1.83. The topological polar surface area (TPSA) is 3.24 Å². The lowest BCUT2D eigenvalue weighted by atomic mass is 9.91. The zero-order valence-corrected chi connectivity index (χ0v) is 31.7. The molecule has 1 nitrogen and oxygen atoms in total. The number of hydrogen-bond acceptors (Lipinski definition) is 1. The van der Waals surface area contributed by atoms with Crippen LogP contribution in [0, 0.1) is 0 Å². The van der Waals surface area contributed by atoms with Gasteiger partial charge in [0.2, 0.25) is 0 Å². The summed E-state index contributed by atoms with van der Waals surface area (Å²) in [4.78, 5) is 7.90. The molecule has 1 aliphatic rings. The van der Waals surface area contributed by atoms with Crippen molar-refractivity contribution in [3.05, 3.63) is 237 Å². The van der Waals surface area contributed by atoms with Gasteiger partial charge in [-0.05, 0) is 99.6 Å². The molecule has 0 amide bonds. The fourth-order valence-corrected chi connectivity index (χ4v) is 12.7. The summed E-state index contributed by atoms with van der Waals surface area (Å²) in [5.41, 5.74) is 13.1. The molecule has 0 spiro atoms. The molecule has 0 saturated carbocycles. The first-order chi connectivity index (χ1) is 27.8. The molecule has 0 unspecified atom stereocenters. The molecule has 1 heterocycles. The first-order valence-electron chi connectivity index (χ1n) is 19.2. The summed E-state index contributed by atoms with van der Waals surface area (Å²) in [6, 6.07) is 86.7. The Morgan fingerprint density at radius 2 is 0.768 bits per heavy atom. The maximum Gasteiger partial charge on any atom is 0.0546 e. The van der Waals surface area contributed by atoms with Crippen molar-refractivity contribution in [3.63, 3.8) is 0 Å². The van der Waals surface area contributed by atoms with Gasteiger partial charge in [-0.25, -0.2) is 0 Å². The van der Waals surface area contributed by atoms with Crippen LogP contribution in [-0.4, -0.2) is 0 Å². The summed E-state index contributed by atoms with van der Waals surface area (Å²) >= 11 is 0. The summed E-state index contributed by atoms with van der Waals surface area (Å²) in [7, 11) is -1.83. The number of nitrogens with zero attached hydrogens (tertiary/aromatic N) is 1. The van der Waals surface area contributed by atoms with E-state index in [0.717, 1.165) is 17.1 Å². The Morgan fingerprint density at radius 1 is 0.286 bits per heavy atom. The Morgan fingerprint density at radius 3 is 1.41 bits per heavy atom. The number of benzene rings is 9. The van der Waals surface area contributed by atoms with Gasteiger partial charge in [0, 0.05) is 36.5 Å². The summed E-state index contributed by atoms with van der Waals surface area (Å²) in [5, 5.41) is 0. The standard InChI is InChI=1S/C54H39NS/c1-6-19-40(20-7-1)41-33-35-43(36-34-41)54-48(42-21-8-2-9-22-42)30-18-31-51(54)55(44-23-10-3-11-24-44)45-37-38-50-49-29-16-17-32-52(49)56(53(50)39-45,46-25-12-4-13-26-46)47-27-14-5-15-28-47/h1-39H. The van der Waals surface area contributed by atoms with E-state index in [1.54, 1.807) is 0 Å². The molecule has 266 valence electrons. The van der Waals surface area contributed by atoms with E-state index in [-0.39, 0.29) is 0 Å². The maximum atomic E-state index is 2.50. The Kier molecular flexibility index (Phi) is 8.67. The Hall–Kier alpha value is -6.87. The molecule has 0 bridgehead atoms. The third-order valence-corrected chi connectivity index (χ3v) is 14.9. The summed E-state index contributed by atoms with van der Waals surface area (Å²) in [6.45, 7) is 0. The third kappa shape index (κ3) is 5.66. The van der Waals surface area contributed by atoms with Crippen molar-refractivity contribution in [3.8, 4) is 44.5 Å². The first-order valence-corrected chi connectivity index (χ1v) is 20.8. The van der Waals surface area contributed by atoms with Gasteiger partial charge in [0.05, 0.1) is 5.69 Å². The van der Waals surface area contributed by atoms with Gasteiger partial charge in [-0.2, -0.15) is 0 Å². The van der Waals surface area contributed by atoms with Crippen LogP contribution in [0.5, 0.6) is 0 Å². The van der Waals surface area contributed by atoms with E-state index in [2.05, 4.69) is 241 Å². The quantitative estimate of drug-likeness (QED) is 0.150. The van der Waals surface area contributed by atoms with Gasteiger partial charge < -0.3 is 4.90 Å². The molecule has 1 aliphatic heterocycles. The van der Waals surface area contributed by atoms with Crippen molar-refractivity contribution < 1.29 is 0 Å². The Balaban J connectivity index is 1.24. The number of rotatable bonds is 8. The van der Waals surface area contributed by atoms with E-state index in [1.807, 2.05) is 0 Å². The highest BCUT2D eigenvalue weighted by Gasteiger charge is 2.42. The second-order valence-corrected chi connectivity index (χ2v) is 17.1. The zero-order chi connectivity index (χ0) is 37.3. The van der Waals surface area contributed by atoms with E-state index >= 15 is 0 Å². The molecule has 56 heavy (non-hydrogen) atoms. The smallest absolute Gasteiger partial charge is 0.0546 e. The van der Waals surface area contributed by atoms with Gasteiger partial charge in [-0.15, -0.1) is 10.0 Å². The molecular weight excluding hydrogens is 695 g/mol. The van der Waals surface area contributed by atoms with Crippen LogP contribution in [0.3, 0.4) is 0 Å². The van der Waals surface area contributed by atoms with Gasteiger partial charge in [0.1, 0.15) is 0 Å². The monoisotopic (exact) mass is 733 g/mol. The van der Waals surface area contributed by atoms with Crippen molar-refractivity contribution in [2.75, 3.05) is 4.90 Å². The van der Waals surface area contributed by atoms with Crippen LogP contribution in [0.4, 0.5) is 17.1 Å². The molecule has 0 saturated heterocycles. The lowest BCUT2D eigenvalue weighted by Gasteiger charge is -2.40. The predicted molar refractivity (Wildman–Crippen MR) is 236 cm³/mol. The second kappa shape index (κ2) is 14.4. The van der Waals surface area contributed by atoms with Crippen LogP contribution < -0.4 is 4.90 Å². The summed E-state index contributed by atoms with van der Waals surface area (Å²) < 4.78 is 0. The average molecular weight is 734 g/mol. The fourth-order valence-electron chi connectivity index (χ4n) is 8.45. The van der Waals surface area contributed by atoms with Crippen molar-refractivity contribution in [2.45, 2.75) is 19.6 Å². The van der Waals surface area contributed by atoms with Gasteiger partial charge in [-0.1, -0.05) is 176 Å². The lowest BCUT2D eigenvalue weighted by molar-refractivity contribution is 1.25. The largest absolute Gasteiger partial charge is 0.310 e. The molecule has 0 fully saturated rings. The normalized spacial score (nSPS) is 13.0. The minimum Gasteiger partial charge on any atom is -0.310 e. The summed E-state index contributed by atoms with van der Waals surface area (Å²) in [5.74, 6) is 0.